The van der Waals surface area contributed by atoms with E-state index in [1.165, 1.54) is 60.8 Å². The zero-order chi connectivity index (χ0) is 29.1. The van der Waals surface area contributed by atoms with Crippen LogP contribution >= 0.6 is 0 Å². The molecular weight excluding hydrogens is 506 g/mol. The molecule has 6 aromatic carbocycles. The second-order valence-corrected chi connectivity index (χ2v) is 13.1. The van der Waals surface area contributed by atoms with E-state index in [1.54, 1.807) is 0 Å². The second-order valence-electron chi connectivity index (χ2n) is 13.1. The van der Waals surface area contributed by atoms with Gasteiger partial charge in [-0.25, -0.2) is 0 Å². The molecule has 1 aliphatic rings. The minimum atomic E-state index is -0.0584. The zero-order valence-corrected chi connectivity index (χ0v) is 25.1. The van der Waals surface area contributed by atoms with Gasteiger partial charge >= 0.3 is 0 Å². The first-order chi connectivity index (χ1) is 20.2. The topological polar surface area (TPSA) is 12.0 Å². The quantitative estimate of drug-likeness (QED) is 0.233. The van der Waals surface area contributed by atoms with E-state index < -0.39 is 0 Å². The van der Waals surface area contributed by atoms with Crippen molar-refractivity contribution in [2.75, 3.05) is 5.32 Å². The molecule has 6 aromatic rings. The Bertz CT molecular complexity index is 1960. The fraction of sp³-hybridized carbons (Fsp3) is 0.171. The molecule has 0 fully saturated rings. The van der Waals surface area contributed by atoms with E-state index in [2.05, 4.69) is 167 Å². The van der Waals surface area contributed by atoms with Gasteiger partial charge in [-0.05, 0) is 78.9 Å². The molecule has 0 amide bonds. The molecule has 1 heteroatoms. The lowest BCUT2D eigenvalue weighted by atomic mass is 9.79. The molecule has 0 bridgehead atoms. The van der Waals surface area contributed by atoms with Gasteiger partial charge in [-0.15, -0.1) is 0 Å². The van der Waals surface area contributed by atoms with Crippen molar-refractivity contribution in [3.05, 3.63) is 144 Å². The maximum atomic E-state index is 3.79. The highest BCUT2D eigenvalue weighted by Gasteiger charge is 2.37. The normalized spacial score (nSPS) is 13.5. The highest BCUT2D eigenvalue weighted by Crippen LogP contribution is 2.53. The van der Waals surface area contributed by atoms with Crippen LogP contribution in [0.4, 0.5) is 11.4 Å². The summed E-state index contributed by atoms with van der Waals surface area (Å²) >= 11 is 0. The lowest BCUT2D eigenvalue weighted by Gasteiger charge is -2.25. The molecule has 0 unspecified atom stereocenters. The highest BCUT2D eigenvalue weighted by molar-refractivity contribution is 5.98. The van der Waals surface area contributed by atoms with Gasteiger partial charge in [-0.1, -0.05) is 144 Å². The van der Waals surface area contributed by atoms with Gasteiger partial charge in [0.1, 0.15) is 0 Å². The number of hydrogen-bond donors (Lipinski definition) is 1. The fourth-order valence-electron chi connectivity index (χ4n) is 6.70. The van der Waals surface area contributed by atoms with Crippen molar-refractivity contribution < 1.29 is 0 Å². The van der Waals surface area contributed by atoms with Crippen molar-refractivity contribution in [2.24, 2.45) is 0 Å². The van der Waals surface area contributed by atoms with E-state index in [1.807, 2.05) is 0 Å². The van der Waals surface area contributed by atoms with Crippen LogP contribution in [0.15, 0.2) is 127 Å². The molecule has 0 saturated carbocycles. The Hall–Kier alpha value is -4.62. The Labute approximate surface area is 249 Å². The third-order valence-electron chi connectivity index (χ3n) is 9.03. The van der Waals surface area contributed by atoms with Crippen LogP contribution in [-0.2, 0) is 10.8 Å². The fourth-order valence-corrected chi connectivity index (χ4v) is 6.70. The van der Waals surface area contributed by atoms with Crippen LogP contribution in [0.5, 0.6) is 0 Å². The van der Waals surface area contributed by atoms with Gasteiger partial charge in [0.2, 0.25) is 0 Å². The average Bonchev–Trinajstić information content (AvgIpc) is 3.23. The van der Waals surface area contributed by atoms with Gasteiger partial charge in [0.05, 0.1) is 0 Å². The predicted molar refractivity (Wildman–Crippen MR) is 181 cm³/mol. The van der Waals surface area contributed by atoms with Crippen LogP contribution in [0.3, 0.4) is 0 Å². The molecule has 1 N–H and O–H groups in total. The van der Waals surface area contributed by atoms with E-state index in [-0.39, 0.29) is 10.8 Å². The highest BCUT2D eigenvalue weighted by atomic mass is 14.9. The number of hydrogen-bond acceptors (Lipinski definition) is 1. The molecule has 0 aromatic heterocycles. The van der Waals surface area contributed by atoms with Gasteiger partial charge in [0.15, 0.2) is 0 Å². The smallest absolute Gasteiger partial charge is 0.0464 e. The lowest BCUT2D eigenvalue weighted by Crippen LogP contribution is -2.17. The van der Waals surface area contributed by atoms with E-state index in [9.17, 15) is 0 Å². The summed E-state index contributed by atoms with van der Waals surface area (Å²) in [7, 11) is 0. The second kappa shape index (κ2) is 9.74. The van der Waals surface area contributed by atoms with Crippen LogP contribution in [0.1, 0.15) is 51.3 Å². The van der Waals surface area contributed by atoms with E-state index in [4.69, 9.17) is 0 Å². The Kier molecular flexibility index (Phi) is 6.10. The van der Waals surface area contributed by atoms with Gasteiger partial charge in [0.25, 0.3) is 0 Å². The van der Waals surface area contributed by atoms with Gasteiger partial charge in [0, 0.05) is 22.4 Å². The SMILES string of the molecule is CC(C)(C)c1ccc2c(c1)C(C)(C)c1cccc(-c3ccccc3Nc3cccc(-c4cccc5ccccc45)c3)c1-2. The summed E-state index contributed by atoms with van der Waals surface area (Å²) in [6.45, 7) is 11.6. The lowest BCUT2D eigenvalue weighted by molar-refractivity contribution is 0.584. The minimum absolute atomic E-state index is 0.0584. The first-order valence-corrected chi connectivity index (χ1v) is 15.0. The van der Waals surface area contributed by atoms with Crippen molar-refractivity contribution in [1.82, 2.24) is 0 Å². The van der Waals surface area contributed by atoms with Crippen molar-refractivity contribution in [3.8, 4) is 33.4 Å². The molecular formula is C41H37N. The van der Waals surface area contributed by atoms with Crippen molar-refractivity contribution in [3.63, 3.8) is 0 Å². The zero-order valence-electron chi connectivity index (χ0n) is 25.1. The molecule has 0 saturated heterocycles. The van der Waals surface area contributed by atoms with Gasteiger partial charge in [-0.3, -0.25) is 0 Å². The van der Waals surface area contributed by atoms with E-state index >= 15 is 0 Å². The third kappa shape index (κ3) is 4.32. The summed E-state index contributed by atoms with van der Waals surface area (Å²) in [5.74, 6) is 0. The molecule has 0 atom stereocenters. The van der Waals surface area contributed by atoms with Crippen molar-refractivity contribution >= 4 is 22.1 Å². The molecule has 1 aliphatic carbocycles. The summed E-state index contributed by atoms with van der Waals surface area (Å²) in [5.41, 5.74) is 14.1. The van der Waals surface area contributed by atoms with Gasteiger partial charge in [-0.2, -0.15) is 0 Å². The van der Waals surface area contributed by atoms with Crippen LogP contribution in [-0.4, -0.2) is 0 Å². The number of anilines is 2. The summed E-state index contributed by atoms with van der Waals surface area (Å²) in [6, 6.07) is 46.6. The number of benzene rings is 6. The molecule has 42 heavy (non-hydrogen) atoms. The van der Waals surface area contributed by atoms with Gasteiger partial charge < -0.3 is 5.32 Å². The number of para-hydroxylation sites is 1. The molecule has 206 valence electrons. The average molecular weight is 544 g/mol. The maximum absolute atomic E-state index is 3.79. The van der Waals surface area contributed by atoms with Crippen LogP contribution in [0.25, 0.3) is 44.2 Å². The number of fused-ring (bicyclic) bond motifs is 4. The molecule has 0 aliphatic heterocycles. The minimum Gasteiger partial charge on any atom is -0.355 e. The Morgan fingerprint density at radius 3 is 2.10 bits per heavy atom. The molecule has 7 rings (SSSR count). The molecule has 0 heterocycles. The summed E-state index contributed by atoms with van der Waals surface area (Å²) < 4.78 is 0. The number of rotatable bonds is 4. The number of nitrogens with one attached hydrogen (secondary N) is 1. The summed E-state index contributed by atoms with van der Waals surface area (Å²) in [6.07, 6.45) is 0. The molecule has 0 radical (unpaired) electrons. The molecule has 0 spiro atoms. The van der Waals surface area contributed by atoms with Crippen molar-refractivity contribution in [2.45, 2.75) is 45.4 Å². The monoisotopic (exact) mass is 543 g/mol. The largest absolute Gasteiger partial charge is 0.355 e. The third-order valence-corrected chi connectivity index (χ3v) is 9.03. The maximum Gasteiger partial charge on any atom is 0.0464 e. The standard InChI is InChI=1S/C41H37N/c1-40(2,3)29-23-24-35-37(26-29)41(4,5)36-21-12-20-34(39(35)36)33-18-8-9-22-38(33)42-30-16-10-15-28(25-30)32-19-11-14-27-13-6-7-17-31(27)32/h6-26,42H,1-5H3. The first-order valence-electron chi connectivity index (χ1n) is 15.0. The molecule has 1 nitrogen and oxygen atoms in total. The first kappa shape index (κ1) is 26.3. The Morgan fingerprint density at radius 2 is 1.24 bits per heavy atom. The Balaban J connectivity index is 1.32. The van der Waals surface area contributed by atoms with Crippen LogP contribution < -0.4 is 5.32 Å². The van der Waals surface area contributed by atoms with Crippen LogP contribution in [0, 0.1) is 0 Å². The van der Waals surface area contributed by atoms with E-state index in [0.29, 0.717) is 0 Å². The predicted octanol–water partition coefficient (Wildman–Crippen LogP) is 11.5. The van der Waals surface area contributed by atoms with E-state index in [0.717, 1.165) is 11.4 Å². The summed E-state index contributed by atoms with van der Waals surface area (Å²) in [4.78, 5) is 0. The summed E-state index contributed by atoms with van der Waals surface area (Å²) in [5, 5.41) is 6.32. The van der Waals surface area contributed by atoms with Crippen LogP contribution in [0.2, 0.25) is 0 Å². The van der Waals surface area contributed by atoms with Crippen molar-refractivity contribution in [1.29, 1.82) is 0 Å². The Morgan fingerprint density at radius 1 is 0.548 bits per heavy atom.